The molecule has 248 valence electrons. The van der Waals surface area contributed by atoms with Crippen LogP contribution in [-0.2, 0) is 24.4 Å². The highest BCUT2D eigenvalue weighted by atomic mass is 32.2. The van der Waals surface area contributed by atoms with E-state index in [1.54, 1.807) is 21.9 Å². The number of amides is 2. The summed E-state index contributed by atoms with van der Waals surface area (Å²) in [5, 5.41) is 19.3. The Balaban J connectivity index is 0.000000707. The molecule has 2 heterocycles. The fourth-order valence-corrected chi connectivity index (χ4v) is 6.47. The van der Waals surface area contributed by atoms with E-state index in [1.807, 2.05) is 24.3 Å². The molecule has 2 atom stereocenters. The molecule has 0 radical (unpaired) electrons. The number of sulfonamides is 1. The van der Waals surface area contributed by atoms with Crippen LogP contribution in [0.25, 0.3) is 10.8 Å². The quantitative estimate of drug-likeness (QED) is 0.212. The number of rotatable bonds is 8. The number of nitrogens with two attached hydrogens (primary N) is 1. The first-order chi connectivity index (χ1) is 21.2. The summed E-state index contributed by atoms with van der Waals surface area (Å²) in [7, 11) is -4.06. The Morgan fingerprint density at radius 3 is 2.18 bits per heavy atom. The van der Waals surface area contributed by atoms with Crippen LogP contribution >= 0.6 is 0 Å². The molecule has 2 aliphatic rings. The number of piperidine rings is 1. The van der Waals surface area contributed by atoms with Gasteiger partial charge in [-0.05, 0) is 54.5 Å². The number of carbonyl (C=O) groups excluding carboxylic acids is 2. The lowest BCUT2D eigenvalue weighted by Crippen LogP contribution is -2.51. The van der Waals surface area contributed by atoms with Crippen molar-refractivity contribution >= 4 is 44.5 Å². The van der Waals surface area contributed by atoms with Crippen molar-refractivity contribution in [2.75, 3.05) is 32.7 Å². The second kappa shape index (κ2) is 15.9. The lowest BCUT2D eigenvalue weighted by atomic mass is 9.98. The minimum absolute atomic E-state index is 0.0206. The van der Waals surface area contributed by atoms with Gasteiger partial charge >= 0.3 is 12.1 Å². The number of likely N-dealkylation sites (tertiary alicyclic amines) is 2. The minimum atomic E-state index is -5.08. The van der Waals surface area contributed by atoms with Gasteiger partial charge in [-0.25, -0.2) is 13.2 Å². The molecule has 1 unspecified atom stereocenters. The highest BCUT2D eigenvalue weighted by Crippen LogP contribution is 2.21. The predicted molar refractivity (Wildman–Crippen MR) is 161 cm³/mol. The van der Waals surface area contributed by atoms with Gasteiger partial charge in [0.25, 0.3) is 0 Å². The first-order valence-corrected chi connectivity index (χ1v) is 16.1. The zero-order valence-electron chi connectivity index (χ0n) is 24.7. The third-order valence-electron chi connectivity index (χ3n) is 7.62. The van der Waals surface area contributed by atoms with E-state index in [0.717, 1.165) is 55.8 Å². The molecule has 2 saturated heterocycles. The van der Waals surface area contributed by atoms with E-state index in [2.05, 4.69) is 10.0 Å². The fourth-order valence-electron chi connectivity index (χ4n) is 5.25. The summed E-state index contributed by atoms with van der Waals surface area (Å²) in [5.41, 5.74) is 5.62. The molecule has 16 heteroatoms. The van der Waals surface area contributed by atoms with Gasteiger partial charge in [-0.3, -0.25) is 15.0 Å². The molecule has 0 spiro atoms. The molecular weight excluding hydrogens is 617 g/mol. The van der Waals surface area contributed by atoms with Gasteiger partial charge in [0.05, 0.1) is 11.3 Å². The van der Waals surface area contributed by atoms with Crippen LogP contribution in [0.4, 0.5) is 13.2 Å². The van der Waals surface area contributed by atoms with Crippen molar-refractivity contribution in [1.82, 2.24) is 19.8 Å². The van der Waals surface area contributed by atoms with E-state index in [1.165, 1.54) is 6.07 Å². The summed E-state index contributed by atoms with van der Waals surface area (Å²) in [5.74, 6) is -3.36. The second-order valence-electron chi connectivity index (χ2n) is 11.1. The van der Waals surface area contributed by atoms with Gasteiger partial charge in [0.15, 0.2) is 5.96 Å². The van der Waals surface area contributed by atoms with Crippen molar-refractivity contribution in [1.29, 1.82) is 5.41 Å². The number of fused-ring (bicyclic) bond motifs is 1. The SMILES string of the molecule is N=C(N)N1CCC[C@@H](CNC(=O)CC(NS(=O)(=O)c2ccc3ccccc3c2)C(=O)N2CCCCCC2)C1.O=C(O)C(F)(F)F. The Labute approximate surface area is 259 Å². The predicted octanol–water partition coefficient (Wildman–Crippen LogP) is 2.63. The van der Waals surface area contributed by atoms with Gasteiger partial charge in [0, 0.05) is 32.7 Å². The molecule has 0 saturated carbocycles. The van der Waals surface area contributed by atoms with Gasteiger partial charge in [0.2, 0.25) is 21.8 Å². The van der Waals surface area contributed by atoms with Crippen LogP contribution in [0.2, 0.25) is 0 Å². The van der Waals surface area contributed by atoms with Crippen molar-refractivity contribution in [2.24, 2.45) is 11.7 Å². The highest BCUT2D eigenvalue weighted by molar-refractivity contribution is 7.89. The van der Waals surface area contributed by atoms with Crippen molar-refractivity contribution in [2.45, 2.75) is 62.1 Å². The number of hydrogen-bond donors (Lipinski definition) is 5. The van der Waals surface area contributed by atoms with E-state index < -0.39 is 28.2 Å². The minimum Gasteiger partial charge on any atom is -0.475 e. The third-order valence-corrected chi connectivity index (χ3v) is 9.09. The summed E-state index contributed by atoms with van der Waals surface area (Å²) >= 11 is 0. The molecule has 0 aromatic heterocycles. The number of aliphatic carboxylic acids is 1. The molecule has 2 fully saturated rings. The van der Waals surface area contributed by atoms with E-state index in [4.69, 9.17) is 21.0 Å². The van der Waals surface area contributed by atoms with Crippen molar-refractivity contribution in [3.8, 4) is 0 Å². The van der Waals surface area contributed by atoms with Crippen LogP contribution in [0.5, 0.6) is 0 Å². The number of guanidine groups is 1. The Hall–Kier alpha value is -3.92. The zero-order chi connectivity index (χ0) is 33.2. The Kier molecular flexibility index (Phi) is 12.6. The van der Waals surface area contributed by atoms with Crippen molar-refractivity contribution in [3.63, 3.8) is 0 Å². The molecule has 4 rings (SSSR count). The standard InChI is InChI=1S/C27H38N6O4S.C2HF3O2/c28-27(29)33-15-7-8-20(19-33)18-30-25(34)17-24(26(35)32-13-5-1-2-6-14-32)31-38(36,37)23-12-11-21-9-3-4-10-22(21)16-23;3-2(4,5)1(6)7/h3-4,9-12,16,20,24,31H,1-2,5-8,13-15,17-19H2,(H3,28,29)(H,30,34);(H,6,7)/t20-,24?;/m0./s1. The van der Waals surface area contributed by atoms with E-state index in [-0.39, 0.29) is 35.0 Å². The lowest BCUT2D eigenvalue weighted by Gasteiger charge is -2.33. The van der Waals surface area contributed by atoms with E-state index in [9.17, 15) is 31.2 Å². The molecule has 0 aliphatic carbocycles. The number of carboxylic acid groups (broad SMARTS) is 1. The summed E-state index contributed by atoms with van der Waals surface area (Å²) in [6.07, 6.45) is 0.168. The molecule has 2 aromatic carbocycles. The number of hydrogen-bond acceptors (Lipinski definition) is 6. The van der Waals surface area contributed by atoms with E-state index in [0.29, 0.717) is 26.2 Å². The molecular formula is C29H39F3N6O6S. The maximum absolute atomic E-state index is 13.5. The smallest absolute Gasteiger partial charge is 0.475 e. The topological polar surface area (TPSA) is 186 Å². The molecule has 0 bridgehead atoms. The average Bonchev–Trinajstić information content (AvgIpc) is 3.29. The first kappa shape index (κ1) is 35.6. The number of carboxylic acids is 1. The Morgan fingerprint density at radius 2 is 1.58 bits per heavy atom. The number of benzene rings is 2. The average molecular weight is 657 g/mol. The number of nitrogens with zero attached hydrogens (tertiary/aromatic N) is 2. The second-order valence-corrected chi connectivity index (χ2v) is 12.8. The Morgan fingerprint density at radius 1 is 0.978 bits per heavy atom. The lowest BCUT2D eigenvalue weighted by molar-refractivity contribution is -0.192. The van der Waals surface area contributed by atoms with Gasteiger partial charge in [-0.15, -0.1) is 0 Å². The van der Waals surface area contributed by atoms with Gasteiger partial charge < -0.3 is 26.0 Å². The van der Waals surface area contributed by atoms with Crippen LogP contribution in [0, 0.1) is 11.3 Å². The number of carbonyl (C=O) groups is 3. The fraction of sp³-hybridized carbons (Fsp3) is 0.517. The molecule has 12 nitrogen and oxygen atoms in total. The van der Waals surface area contributed by atoms with Crippen LogP contribution < -0.4 is 15.8 Å². The van der Waals surface area contributed by atoms with Crippen LogP contribution in [-0.4, -0.2) is 92.0 Å². The molecule has 6 N–H and O–H groups in total. The van der Waals surface area contributed by atoms with E-state index >= 15 is 0 Å². The zero-order valence-corrected chi connectivity index (χ0v) is 25.5. The van der Waals surface area contributed by atoms with Gasteiger partial charge in [0.1, 0.15) is 6.04 Å². The highest BCUT2D eigenvalue weighted by Gasteiger charge is 2.38. The van der Waals surface area contributed by atoms with Crippen LogP contribution in [0.15, 0.2) is 47.4 Å². The molecule has 2 aliphatic heterocycles. The first-order valence-electron chi connectivity index (χ1n) is 14.6. The summed E-state index contributed by atoms with van der Waals surface area (Å²) in [6.45, 7) is 2.79. The van der Waals surface area contributed by atoms with Gasteiger partial charge in [-0.1, -0.05) is 43.2 Å². The number of nitrogens with one attached hydrogen (secondary N) is 3. The molecule has 2 amide bonds. The largest absolute Gasteiger partial charge is 0.490 e. The number of alkyl halides is 3. The van der Waals surface area contributed by atoms with Crippen molar-refractivity contribution in [3.05, 3.63) is 42.5 Å². The third kappa shape index (κ3) is 10.9. The summed E-state index contributed by atoms with van der Waals surface area (Å²) < 4.78 is 61.0. The molecule has 2 aromatic rings. The summed E-state index contributed by atoms with van der Waals surface area (Å²) in [6, 6.07) is 11.1. The van der Waals surface area contributed by atoms with Crippen LogP contribution in [0.1, 0.15) is 44.9 Å². The molecule has 45 heavy (non-hydrogen) atoms. The van der Waals surface area contributed by atoms with Gasteiger partial charge in [-0.2, -0.15) is 17.9 Å². The Bertz CT molecular complexity index is 1460. The summed E-state index contributed by atoms with van der Waals surface area (Å²) in [4.78, 5) is 38.9. The monoisotopic (exact) mass is 656 g/mol. The maximum atomic E-state index is 13.5. The number of halogens is 3. The maximum Gasteiger partial charge on any atom is 0.490 e. The van der Waals surface area contributed by atoms with Crippen molar-refractivity contribution < 1.29 is 41.1 Å². The normalized spacial score (nSPS) is 18.2. The van der Waals surface area contributed by atoms with Crippen LogP contribution in [0.3, 0.4) is 0 Å².